The summed E-state index contributed by atoms with van der Waals surface area (Å²) in [4.78, 5) is 24.4. The number of carbonyl (C=O) groups is 2. The Hall–Kier alpha value is -1.98. The van der Waals surface area contributed by atoms with E-state index in [1.165, 1.54) is 11.8 Å². The first-order valence-corrected chi connectivity index (χ1v) is 10.2. The Morgan fingerprint density at radius 3 is 2.44 bits per heavy atom. The number of benzene rings is 2. The number of ether oxygens (including phenoxy) is 1. The van der Waals surface area contributed by atoms with Crippen LogP contribution in [0.15, 0.2) is 36.4 Å². The zero-order chi connectivity index (χ0) is 20.0. The fourth-order valence-electron chi connectivity index (χ4n) is 2.77. The van der Waals surface area contributed by atoms with Crippen molar-refractivity contribution in [3.8, 4) is 0 Å². The van der Waals surface area contributed by atoms with Gasteiger partial charge in [0.1, 0.15) is 0 Å². The molecule has 0 aromatic heterocycles. The van der Waals surface area contributed by atoms with Gasteiger partial charge >= 0.3 is 5.97 Å². The van der Waals surface area contributed by atoms with Gasteiger partial charge in [-0.25, -0.2) is 0 Å². The minimum atomic E-state index is -0.857. The summed E-state index contributed by atoms with van der Waals surface area (Å²) in [7, 11) is 0. The molecule has 2 aromatic carbocycles. The molecular weight excluding hydrogens is 382 g/mol. The number of thioether (sulfide) groups is 1. The van der Waals surface area contributed by atoms with Gasteiger partial charge in [0.25, 0.3) is 5.91 Å². The van der Waals surface area contributed by atoms with Crippen molar-refractivity contribution in [1.29, 1.82) is 0 Å². The third kappa shape index (κ3) is 6.60. The summed E-state index contributed by atoms with van der Waals surface area (Å²) in [6.45, 7) is 7.47. The highest BCUT2D eigenvalue weighted by molar-refractivity contribution is 7.99. The van der Waals surface area contributed by atoms with Gasteiger partial charge in [-0.3, -0.25) is 9.59 Å². The lowest BCUT2D eigenvalue weighted by Gasteiger charge is -2.17. The van der Waals surface area contributed by atoms with E-state index in [9.17, 15) is 9.59 Å². The van der Waals surface area contributed by atoms with E-state index in [-0.39, 0.29) is 11.7 Å². The maximum atomic E-state index is 12.4. The molecule has 0 aliphatic heterocycles. The van der Waals surface area contributed by atoms with Crippen LogP contribution >= 0.6 is 23.4 Å². The Bertz CT molecular complexity index is 815. The van der Waals surface area contributed by atoms with Gasteiger partial charge < -0.3 is 10.1 Å². The molecule has 1 unspecified atom stereocenters. The zero-order valence-electron chi connectivity index (χ0n) is 16.0. The topological polar surface area (TPSA) is 55.4 Å². The van der Waals surface area contributed by atoms with Crippen molar-refractivity contribution >= 4 is 40.9 Å². The molecule has 2 aromatic rings. The normalized spacial score (nSPS) is 11.7. The van der Waals surface area contributed by atoms with E-state index in [1.807, 2.05) is 57.2 Å². The van der Waals surface area contributed by atoms with E-state index in [2.05, 4.69) is 5.32 Å². The predicted octanol–water partition coefficient (Wildman–Crippen LogP) is 5.07. The quantitative estimate of drug-likeness (QED) is 0.653. The average molecular weight is 406 g/mol. The summed E-state index contributed by atoms with van der Waals surface area (Å²) in [5.74, 6) is 0.0744. The van der Waals surface area contributed by atoms with Crippen LogP contribution in [0.1, 0.15) is 29.2 Å². The lowest BCUT2D eigenvalue weighted by Crippen LogP contribution is -2.31. The molecule has 0 saturated heterocycles. The number of esters is 1. The maximum Gasteiger partial charge on any atom is 0.316 e. The van der Waals surface area contributed by atoms with Gasteiger partial charge in [-0.15, -0.1) is 11.8 Å². The van der Waals surface area contributed by atoms with Crippen molar-refractivity contribution in [3.63, 3.8) is 0 Å². The highest BCUT2D eigenvalue weighted by Gasteiger charge is 2.19. The lowest BCUT2D eigenvalue weighted by atomic mass is 10.0. The van der Waals surface area contributed by atoms with Crippen LogP contribution in [-0.2, 0) is 20.1 Å². The number of amides is 1. The van der Waals surface area contributed by atoms with Gasteiger partial charge in [0.05, 0.1) is 5.75 Å². The van der Waals surface area contributed by atoms with Gasteiger partial charge in [0.2, 0.25) is 0 Å². The van der Waals surface area contributed by atoms with Crippen LogP contribution in [0.25, 0.3) is 0 Å². The summed E-state index contributed by atoms with van der Waals surface area (Å²) in [6.07, 6.45) is -0.857. The van der Waals surface area contributed by atoms with Crippen molar-refractivity contribution in [2.75, 3.05) is 11.1 Å². The molecule has 0 radical (unpaired) electrons. The molecule has 0 spiro atoms. The second kappa shape index (κ2) is 9.81. The van der Waals surface area contributed by atoms with Crippen LogP contribution in [0.5, 0.6) is 0 Å². The minimum absolute atomic E-state index is 0.173. The summed E-state index contributed by atoms with van der Waals surface area (Å²) in [6, 6.07) is 11.5. The predicted molar refractivity (Wildman–Crippen MR) is 112 cm³/mol. The fraction of sp³-hybridized carbons (Fsp3) is 0.333. The standard InChI is InChI=1S/C21H24ClNO3S/c1-13-8-14(2)20(15(3)9-13)23-21(25)16(4)26-19(24)12-27-11-17-6-5-7-18(22)10-17/h5-10,16H,11-12H2,1-4H3,(H,23,25). The van der Waals surface area contributed by atoms with Crippen molar-refractivity contribution in [3.05, 3.63) is 63.7 Å². The van der Waals surface area contributed by atoms with Gasteiger partial charge in [-0.05, 0) is 56.5 Å². The monoisotopic (exact) mass is 405 g/mol. The second-order valence-electron chi connectivity index (χ2n) is 6.52. The van der Waals surface area contributed by atoms with Crippen molar-refractivity contribution in [2.24, 2.45) is 0 Å². The number of nitrogens with one attached hydrogen (secondary N) is 1. The number of anilines is 1. The molecule has 0 aliphatic rings. The molecule has 0 fully saturated rings. The first kappa shape index (κ1) is 21.3. The van der Waals surface area contributed by atoms with Crippen molar-refractivity contribution in [1.82, 2.24) is 0 Å². The molecule has 1 N–H and O–H groups in total. The molecule has 0 aliphatic carbocycles. The number of aryl methyl sites for hydroxylation is 3. The van der Waals surface area contributed by atoms with Crippen LogP contribution in [0.3, 0.4) is 0 Å². The molecule has 2 rings (SSSR count). The minimum Gasteiger partial charge on any atom is -0.452 e. The van der Waals surface area contributed by atoms with Crippen LogP contribution < -0.4 is 5.32 Å². The Labute approximate surface area is 169 Å². The largest absolute Gasteiger partial charge is 0.452 e. The molecule has 0 saturated carbocycles. The Morgan fingerprint density at radius 2 is 1.81 bits per heavy atom. The van der Waals surface area contributed by atoms with Gasteiger partial charge in [-0.2, -0.15) is 0 Å². The van der Waals surface area contributed by atoms with Gasteiger partial charge in [-0.1, -0.05) is 41.4 Å². The van der Waals surface area contributed by atoms with Crippen molar-refractivity contribution < 1.29 is 14.3 Å². The number of hydrogen-bond donors (Lipinski definition) is 1. The highest BCUT2D eigenvalue weighted by Crippen LogP contribution is 2.22. The van der Waals surface area contributed by atoms with E-state index in [4.69, 9.17) is 16.3 Å². The number of rotatable bonds is 7. The van der Waals surface area contributed by atoms with Gasteiger partial charge in [0.15, 0.2) is 6.10 Å². The van der Waals surface area contributed by atoms with E-state index < -0.39 is 12.1 Å². The summed E-state index contributed by atoms with van der Waals surface area (Å²) < 4.78 is 5.25. The first-order chi connectivity index (χ1) is 12.8. The Balaban J connectivity index is 1.82. The highest BCUT2D eigenvalue weighted by atomic mass is 35.5. The Morgan fingerprint density at radius 1 is 1.15 bits per heavy atom. The molecule has 1 amide bonds. The third-order valence-electron chi connectivity index (χ3n) is 3.98. The molecule has 4 nitrogen and oxygen atoms in total. The molecule has 6 heteroatoms. The van der Waals surface area contributed by atoms with Crippen LogP contribution in [0.2, 0.25) is 5.02 Å². The summed E-state index contributed by atoms with van der Waals surface area (Å²) >= 11 is 7.36. The maximum absolute atomic E-state index is 12.4. The molecule has 27 heavy (non-hydrogen) atoms. The second-order valence-corrected chi connectivity index (χ2v) is 7.94. The molecular formula is C21H24ClNO3S. The van der Waals surface area contributed by atoms with E-state index in [0.29, 0.717) is 10.8 Å². The fourth-order valence-corrected chi connectivity index (χ4v) is 3.73. The summed E-state index contributed by atoms with van der Waals surface area (Å²) in [5, 5.41) is 3.53. The van der Waals surface area contributed by atoms with Crippen molar-refractivity contribution in [2.45, 2.75) is 39.6 Å². The molecule has 144 valence electrons. The SMILES string of the molecule is Cc1cc(C)c(NC(=O)C(C)OC(=O)CSCc2cccc(Cl)c2)c(C)c1. The van der Waals surface area contributed by atoms with Crippen LogP contribution in [0, 0.1) is 20.8 Å². The Kier molecular flexibility index (Phi) is 7.75. The van der Waals surface area contributed by atoms with Crippen LogP contribution in [0.4, 0.5) is 5.69 Å². The summed E-state index contributed by atoms with van der Waals surface area (Å²) in [5.41, 5.74) is 4.91. The van der Waals surface area contributed by atoms with Gasteiger partial charge in [0, 0.05) is 16.5 Å². The van der Waals surface area contributed by atoms with E-state index in [1.54, 1.807) is 6.92 Å². The van der Waals surface area contributed by atoms with E-state index in [0.717, 1.165) is 27.9 Å². The number of halogens is 1. The zero-order valence-corrected chi connectivity index (χ0v) is 17.5. The lowest BCUT2D eigenvalue weighted by molar-refractivity contribution is -0.150. The average Bonchev–Trinajstić information content (AvgIpc) is 2.57. The molecule has 1 atom stereocenters. The number of hydrogen-bond acceptors (Lipinski definition) is 4. The molecule has 0 heterocycles. The van der Waals surface area contributed by atoms with Crippen LogP contribution in [-0.4, -0.2) is 23.7 Å². The smallest absolute Gasteiger partial charge is 0.316 e. The third-order valence-corrected chi connectivity index (χ3v) is 5.19. The number of carbonyl (C=O) groups excluding carboxylic acids is 2. The molecule has 0 bridgehead atoms. The van der Waals surface area contributed by atoms with E-state index >= 15 is 0 Å². The first-order valence-electron chi connectivity index (χ1n) is 8.66.